The molecule has 1 unspecified atom stereocenters. The molecule has 4 rings (SSSR count). The average Bonchev–Trinajstić information content (AvgIpc) is 3.30. The average molecular weight is 490 g/mol. The Hall–Kier alpha value is -4.07. The molecular weight excluding hydrogens is 458 g/mol. The van der Waals surface area contributed by atoms with Gasteiger partial charge in [0.25, 0.3) is 0 Å². The second-order valence-electron chi connectivity index (χ2n) is 8.77. The Labute approximate surface area is 211 Å². The summed E-state index contributed by atoms with van der Waals surface area (Å²) in [6, 6.07) is 15.3. The van der Waals surface area contributed by atoms with Crippen LogP contribution in [0.1, 0.15) is 23.1 Å². The number of benzene rings is 2. The van der Waals surface area contributed by atoms with Crippen molar-refractivity contribution in [1.82, 2.24) is 9.88 Å². The summed E-state index contributed by atoms with van der Waals surface area (Å²) in [5, 5.41) is 0. The number of nitrogens with zero attached hydrogens (tertiary/aromatic N) is 3. The summed E-state index contributed by atoms with van der Waals surface area (Å²) in [4.78, 5) is 34.5. The van der Waals surface area contributed by atoms with Gasteiger partial charge in [-0.1, -0.05) is 30.3 Å². The van der Waals surface area contributed by atoms with Crippen molar-refractivity contribution in [3.05, 3.63) is 77.6 Å². The Kier molecular flexibility index (Phi) is 7.73. The van der Waals surface area contributed by atoms with Crippen LogP contribution in [-0.4, -0.2) is 49.6 Å². The van der Waals surface area contributed by atoms with Crippen LogP contribution in [0.2, 0.25) is 0 Å². The van der Waals surface area contributed by atoms with Crippen molar-refractivity contribution in [2.24, 2.45) is 5.92 Å². The highest BCUT2D eigenvalue weighted by Gasteiger charge is 2.38. The molecule has 1 aliphatic rings. The van der Waals surface area contributed by atoms with E-state index in [0.29, 0.717) is 36.0 Å². The predicted octanol–water partition coefficient (Wildman–Crippen LogP) is 4.00. The van der Waals surface area contributed by atoms with Gasteiger partial charge in [-0.05, 0) is 29.7 Å². The van der Waals surface area contributed by atoms with Gasteiger partial charge in [0, 0.05) is 50.6 Å². The van der Waals surface area contributed by atoms with Gasteiger partial charge in [0.2, 0.25) is 17.6 Å². The number of amides is 2. The highest BCUT2D eigenvalue weighted by molar-refractivity contribution is 6.00. The van der Waals surface area contributed by atoms with Crippen LogP contribution in [0.3, 0.4) is 0 Å². The van der Waals surface area contributed by atoms with E-state index in [0.717, 1.165) is 16.7 Å². The van der Waals surface area contributed by atoms with Crippen molar-refractivity contribution >= 4 is 17.5 Å². The molecule has 0 spiro atoms. The number of methoxy groups -OCH3 is 3. The van der Waals surface area contributed by atoms with Gasteiger partial charge in [0.05, 0.1) is 32.9 Å². The molecule has 1 atom stereocenters. The summed E-state index contributed by atoms with van der Waals surface area (Å²) in [6.45, 7) is 3.17. The molecule has 1 aliphatic heterocycles. The fraction of sp³-hybridized carbons (Fsp3) is 0.321. The standard InChI is InChI=1S/C28H31N3O5/c1-19-8-5-6-10-21(19)17-30(16-20-9-7-11-29-15-20)28(33)22-12-26(32)31(18-22)23-13-24(34-2)27(36-4)25(14-23)35-3/h5-11,13-15,22H,12,16-18H2,1-4H3. The smallest absolute Gasteiger partial charge is 0.228 e. The van der Waals surface area contributed by atoms with Gasteiger partial charge in [0.1, 0.15) is 0 Å². The van der Waals surface area contributed by atoms with Crippen LogP contribution in [0.15, 0.2) is 60.9 Å². The van der Waals surface area contributed by atoms with Crippen LogP contribution < -0.4 is 19.1 Å². The topological polar surface area (TPSA) is 81.2 Å². The number of hydrogen-bond donors (Lipinski definition) is 0. The third-order valence-corrected chi connectivity index (χ3v) is 6.47. The highest BCUT2D eigenvalue weighted by Crippen LogP contribution is 2.42. The van der Waals surface area contributed by atoms with Crippen molar-refractivity contribution in [2.45, 2.75) is 26.4 Å². The van der Waals surface area contributed by atoms with Crippen molar-refractivity contribution in [2.75, 3.05) is 32.8 Å². The van der Waals surface area contributed by atoms with Gasteiger partial charge in [0.15, 0.2) is 11.5 Å². The number of rotatable bonds is 9. The van der Waals surface area contributed by atoms with Crippen LogP contribution >= 0.6 is 0 Å². The molecule has 0 saturated carbocycles. The van der Waals surface area contributed by atoms with E-state index < -0.39 is 5.92 Å². The number of aryl methyl sites for hydroxylation is 1. The van der Waals surface area contributed by atoms with Gasteiger partial charge in [-0.15, -0.1) is 0 Å². The van der Waals surface area contributed by atoms with Crippen LogP contribution in [0, 0.1) is 12.8 Å². The largest absolute Gasteiger partial charge is 0.493 e. The second kappa shape index (κ2) is 11.1. The van der Waals surface area contributed by atoms with E-state index in [-0.39, 0.29) is 24.8 Å². The third-order valence-electron chi connectivity index (χ3n) is 6.47. The Bertz CT molecular complexity index is 1210. The Morgan fingerprint density at radius 1 is 1.03 bits per heavy atom. The molecule has 2 amide bonds. The number of carbonyl (C=O) groups excluding carboxylic acids is 2. The lowest BCUT2D eigenvalue weighted by Crippen LogP contribution is -2.37. The maximum atomic E-state index is 13.8. The van der Waals surface area contributed by atoms with Gasteiger partial charge >= 0.3 is 0 Å². The number of pyridine rings is 1. The molecule has 1 aromatic heterocycles. The number of aromatic nitrogens is 1. The minimum atomic E-state index is -0.475. The monoisotopic (exact) mass is 489 g/mol. The van der Waals surface area contributed by atoms with Crippen molar-refractivity contribution in [3.63, 3.8) is 0 Å². The van der Waals surface area contributed by atoms with E-state index in [4.69, 9.17) is 14.2 Å². The normalized spacial score (nSPS) is 15.1. The molecule has 188 valence electrons. The fourth-order valence-corrected chi connectivity index (χ4v) is 4.52. The molecule has 0 bridgehead atoms. The lowest BCUT2D eigenvalue weighted by atomic mass is 10.0. The Morgan fingerprint density at radius 3 is 2.36 bits per heavy atom. The summed E-state index contributed by atoms with van der Waals surface area (Å²) in [6.07, 6.45) is 3.61. The van der Waals surface area contributed by atoms with Gasteiger partial charge in [-0.3, -0.25) is 14.6 Å². The number of carbonyl (C=O) groups is 2. The molecule has 1 saturated heterocycles. The third kappa shape index (κ3) is 5.27. The van der Waals surface area contributed by atoms with E-state index in [9.17, 15) is 9.59 Å². The molecule has 8 nitrogen and oxygen atoms in total. The van der Waals surface area contributed by atoms with E-state index >= 15 is 0 Å². The van der Waals surface area contributed by atoms with Crippen LogP contribution in [0.5, 0.6) is 17.2 Å². The minimum absolute atomic E-state index is 0.0644. The Balaban J connectivity index is 1.59. The van der Waals surface area contributed by atoms with Crippen LogP contribution in [0.4, 0.5) is 5.69 Å². The summed E-state index contributed by atoms with van der Waals surface area (Å²) in [7, 11) is 4.59. The van der Waals surface area contributed by atoms with E-state index in [1.165, 1.54) is 21.3 Å². The zero-order chi connectivity index (χ0) is 25.7. The number of anilines is 1. The molecule has 8 heteroatoms. The van der Waals surface area contributed by atoms with Crippen LogP contribution in [-0.2, 0) is 22.7 Å². The number of hydrogen-bond acceptors (Lipinski definition) is 6. The zero-order valence-electron chi connectivity index (χ0n) is 21.1. The lowest BCUT2D eigenvalue weighted by molar-refractivity contribution is -0.137. The molecule has 0 aliphatic carbocycles. The molecule has 0 radical (unpaired) electrons. The van der Waals surface area contributed by atoms with Gasteiger partial charge in [-0.2, -0.15) is 0 Å². The summed E-state index contributed by atoms with van der Waals surface area (Å²) < 4.78 is 16.3. The summed E-state index contributed by atoms with van der Waals surface area (Å²) in [5.41, 5.74) is 3.72. The van der Waals surface area contributed by atoms with E-state index in [2.05, 4.69) is 4.98 Å². The van der Waals surface area contributed by atoms with Crippen LogP contribution in [0.25, 0.3) is 0 Å². The minimum Gasteiger partial charge on any atom is -0.493 e. The summed E-state index contributed by atoms with van der Waals surface area (Å²) in [5.74, 6) is 0.686. The van der Waals surface area contributed by atoms with E-state index in [1.54, 1.807) is 29.4 Å². The first-order valence-corrected chi connectivity index (χ1v) is 11.8. The summed E-state index contributed by atoms with van der Waals surface area (Å²) >= 11 is 0. The molecule has 3 aromatic rings. The van der Waals surface area contributed by atoms with Crippen molar-refractivity contribution in [1.29, 1.82) is 0 Å². The highest BCUT2D eigenvalue weighted by atomic mass is 16.5. The van der Waals surface area contributed by atoms with Gasteiger partial charge < -0.3 is 24.0 Å². The number of ether oxygens (including phenoxy) is 3. The maximum absolute atomic E-state index is 13.8. The molecular formula is C28H31N3O5. The second-order valence-corrected chi connectivity index (χ2v) is 8.77. The molecule has 0 N–H and O–H groups in total. The molecule has 2 aromatic carbocycles. The first-order valence-electron chi connectivity index (χ1n) is 11.8. The molecule has 2 heterocycles. The SMILES string of the molecule is COc1cc(N2CC(C(=O)N(Cc3cccnc3)Cc3ccccc3C)CC2=O)cc(OC)c1OC. The molecule has 1 fully saturated rings. The van der Waals surface area contributed by atoms with Crippen molar-refractivity contribution in [3.8, 4) is 17.2 Å². The fourth-order valence-electron chi connectivity index (χ4n) is 4.52. The zero-order valence-corrected chi connectivity index (χ0v) is 21.1. The van der Waals surface area contributed by atoms with Crippen molar-refractivity contribution < 1.29 is 23.8 Å². The van der Waals surface area contributed by atoms with Gasteiger partial charge in [-0.25, -0.2) is 0 Å². The quantitative estimate of drug-likeness (QED) is 0.452. The van der Waals surface area contributed by atoms with E-state index in [1.807, 2.05) is 48.2 Å². The lowest BCUT2D eigenvalue weighted by Gasteiger charge is -2.27. The molecule has 36 heavy (non-hydrogen) atoms. The first-order chi connectivity index (χ1) is 17.4. The first kappa shape index (κ1) is 25.0. The Morgan fingerprint density at radius 2 is 1.75 bits per heavy atom. The predicted molar refractivity (Wildman–Crippen MR) is 136 cm³/mol. The maximum Gasteiger partial charge on any atom is 0.228 e.